The molecule has 10 heteroatoms. The number of nitrogens with zero attached hydrogens (tertiary/aromatic N) is 2. The van der Waals surface area contributed by atoms with E-state index in [1.165, 1.54) is 12.1 Å². The highest BCUT2D eigenvalue weighted by atomic mass is 35.5. The molecule has 0 atom stereocenters. The van der Waals surface area contributed by atoms with Crippen LogP contribution in [0.5, 0.6) is 0 Å². The zero-order valence-corrected chi connectivity index (χ0v) is 18.5. The van der Waals surface area contributed by atoms with E-state index in [1.807, 2.05) is 12.1 Å². The quantitative estimate of drug-likeness (QED) is 0.620. The van der Waals surface area contributed by atoms with Crippen molar-refractivity contribution in [2.24, 2.45) is 5.92 Å². The van der Waals surface area contributed by atoms with Gasteiger partial charge in [-0.15, -0.1) is 0 Å². The minimum atomic E-state index is -3.78. The lowest BCUT2D eigenvalue weighted by Gasteiger charge is -2.31. The molecule has 1 aliphatic rings. The molecule has 0 aliphatic carbocycles. The first-order valence-electron chi connectivity index (χ1n) is 10.1. The van der Waals surface area contributed by atoms with E-state index < -0.39 is 10.0 Å². The van der Waals surface area contributed by atoms with Gasteiger partial charge in [0.1, 0.15) is 4.90 Å². The summed E-state index contributed by atoms with van der Waals surface area (Å²) in [5.41, 5.74) is 0.933. The molecule has 1 fully saturated rings. The molecule has 2 aromatic rings. The number of pyridine rings is 1. The maximum absolute atomic E-state index is 12.4. The van der Waals surface area contributed by atoms with Crippen molar-refractivity contribution in [2.45, 2.75) is 30.7 Å². The van der Waals surface area contributed by atoms with Gasteiger partial charge in [0.2, 0.25) is 21.8 Å². The number of halogens is 1. The van der Waals surface area contributed by atoms with E-state index >= 15 is 0 Å². The highest BCUT2D eigenvalue weighted by molar-refractivity contribution is 7.89. The van der Waals surface area contributed by atoms with Crippen LogP contribution in [0.3, 0.4) is 0 Å². The smallest absolute Gasteiger partial charge is 0.242 e. The Morgan fingerprint density at radius 3 is 2.55 bits per heavy atom. The van der Waals surface area contributed by atoms with Gasteiger partial charge in [-0.25, -0.2) is 13.1 Å². The summed E-state index contributed by atoms with van der Waals surface area (Å²) >= 11 is 5.94. The fraction of sp³-hybridized carbons (Fsp3) is 0.381. The molecule has 2 heterocycles. The Morgan fingerprint density at radius 1 is 1.13 bits per heavy atom. The van der Waals surface area contributed by atoms with Crippen molar-refractivity contribution < 1.29 is 18.0 Å². The lowest BCUT2D eigenvalue weighted by Crippen LogP contribution is -2.43. The Hall–Kier alpha value is -2.49. The van der Waals surface area contributed by atoms with Crippen LogP contribution in [0.4, 0.5) is 0 Å². The molecule has 0 saturated carbocycles. The number of carbonyl (C=O) groups is 2. The summed E-state index contributed by atoms with van der Waals surface area (Å²) in [6.07, 6.45) is 4.59. The van der Waals surface area contributed by atoms with E-state index in [4.69, 9.17) is 11.6 Å². The highest BCUT2D eigenvalue weighted by Gasteiger charge is 2.27. The molecule has 2 N–H and O–H groups in total. The Kier molecular flexibility index (Phi) is 8.00. The lowest BCUT2D eigenvalue weighted by atomic mass is 9.95. The highest BCUT2D eigenvalue weighted by Crippen LogP contribution is 2.21. The van der Waals surface area contributed by atoms with Gasteiger partial charge in [-0.3, -0.25) is 14.6 Å². The third-order valence-electron chi connectivity index (χ3n) is 5.17. The van der Waals surface area contributed by atoms with Crippen LogP contribution >= 0.6 is 11.6 Å². The normalized spacial score (nSPS) is 14.9. The van der Waals surface area contributed by atoms with Crippen molar-refractivity contribution in [1.82, 2.24) is 19.9 Å². The minimum absolute atomic E-state index is 0.0118. The van der Waals surface area contributed by atoms with Gasteiger partial charge in [0.05, 0.1) is 5.02 Å². The molecule has 3 rings (SSSR count). The number of amides is 2. The van der Waals surface area contributed by atoms with Crippen LogP contribution < -0.4 is 10.0 Å². The second-order valence-corrected chi connectivity index (χ2v) is 9.45. The summed E-state index contributed by atoms with van der Waals surface area (Å²) in [7, 11) is -3.78. The molecule has 0 unspecified atom stereocenters. The first-order valence-corrected chi connectivity index (χ1v) is 11.9. The third-order valence-corrected chi connectivity index (χ3v) is 7.13. The summed E-state index contributed by atoms with van der Waals surface area (Å²) in [4.78, 5) is 30.5. The number of sulfonamides is 1. The number of hydrogen-bond acceptors (Lipinski definition) is 5. The van der Waals surface area contributed by atoms with Gasteiger partial charge in [-0.05, 0) is 36.6 Å². The maximum Gasteiger partial charge on any atom is 0.242 e. The number of likely N-dealkylation sites (tertiary alicyclic amines) is 1. The topological polar surface area (TPSA) is 108 Å². The molecule has 0 bridgehead atoms. The van der Waals surface area contributed by atoms with Crippen molar-refractivity contribution >= 4 is 33.4 Å². The number of nitrogens with one attached hydrogen (secondary N) is 2. The fourth-order valence-electron chi connectivity index (χ4n) is 3.42. The Balaban J connectivity index is 1.40. The minimum Gasteiger partial charge on any atom is -0.352 e. The van der Waals surface area contributed by atoms with Crippen LogP contribution in [0.25, 0.3) is 0 Å². The van der Waals surface area contributed by atoms with Crippen molar-refractivity contribution in [3.05, 3.63) is 59.4 Å². The summed E-state index contributed by atoms with van der Waals surface area (Å²) in [6.45, 7) is 1.36. The average Bonchev–Trinajstić information content (AvgIpc) is 2.78. The maximum atomic E-state index is 12.4. The second-order valence-electron chi connectivity index (χ2n) is 7.31. The van der Waals surface area contributed by atoms with Gasteiger partial charge >= 0.3 is 0 Å². The SMILES string of the molecule is O=C(NCc1cccnc1)C1CCN(C(=O)CCNS(=O)(=O)c2ccccc2Cl)CC1. The van der Waals surface area contributed by atoms with E-state index in [9.17, 15) is 18.0 Å². The third kappa shape index (κ3) is 6.49. The first kappa shape index (κ1) is 23.2. The molecule has 1 saturated heterocycles. The molecular formula is C21H25ClN4O4S. The van der Waals surface area contributed by atoms with E-state index in [0.717, 1.165) is 5.56 Å². The van der Waals surface area contributed by atoms with Gasteiger partial charge in [-0.1, -0.05) is 29.8 Å². The lowest BCUT2D eigenvalue weighted by molar-refractivity contribution is -0.135. The Labute approximate surface area is 187 Å². The molecule has 0 radical (unpaired) electrons. The molecule has 1 aromatic carbocycles. The van der Waals surface area contributed by atoms with Crippen LogP contribution in [0.1, 0.15) is 24.8 Å². The molecule has 1 aliphatic heterocycles. The Morgan fingerprint density at radius 2 is 1.87 bits per heavy atom. The average molecular weight is 465 g/mol. The van der Waals surface area contributed by atoms with Crippen LogP contribution in [-0.2, 0) is 26.2 Å². The molecule has 166 valence electrons. The van der Waals surface area contributed by atoms with E-state index in [0.29, 0.717) is 32.5 Å². The van der Waals surface area contributed by atoms with Gasteiger partial charge in [0.25, 0.3) is 0 Å². The van der Waals surface area contributed by atoms with Crippen molar-refractivity contribution in [3.63, 3.8) is 0 Å². The first-order chi connectivity index (χ1) is 14.9. The predicted octanol–water partition coefficient (Wildman–Crippen LogP) is 1.96. The molecule has 8 nitrogen and oxygen atoms in total. The van der Waals surface area contributed by atoms with Crippen molar-refractivity contribution in [1.29, 1.82) is 0 Å². The van der Waals surface area contributed by atoms with E-state index in [1.54, 1.807) is 29.4 Å². The number of piperidine rings is 1. The van der Waals surface area contributed by atoms with Gasteiger partial charge in [0, 0.05) is 50.9 Å². The summed E-state index contributed by atoms with van der Waals surface area (Å²) < 4.78 is 27.1. The number of rotatable bonds is 8. The second kappa shape index (κ2) is 10.7. The largest absolute Gasteiger partial charge is 0.352 e. The van der Waals surface area contributed by atoms with Crippen LogP contribution in [0, 0.1) is 5.92 Å². The fourth-order valence-corrected chi connectivity index (χ4v) is 4.97. The van der Waals surface area contributed by atoms with E-state index in [2.05, 4.69) is 15.0 Å². The summed E-state index contributed by atoms with van der Waals surface area (Å²) in [5, 5.41) is 3.04. The standard InChI is InChI=1S/C21H25ClN4O4S/c22-18-5-1-2-6-19(18)31(29,30)25-11-7-20(27)26-12-8-17(9-13-26)21(28)24-15-16-4-3-10-23-14-16/h1-6,10,14,17,25H,7-9,11-13,15H2,(H,24,28). The Bertz CT molecular complexity index is 1010. The molecule has 0 spiro atoms. The zero-order valence-electron chi connectivity index (χ0n) is 17.0. The molecule has 2 amide bonds. The number of aromatic nitrogens is 1. The molecule has 31 heavy (non-hydrogen) atoms. The van der Waals surface area contributed by atoms with Crippen LogP contribution in [0.15, 0.2) is 53.7 Å². The van der Waals surface area contributed by atoms with Gasteiger partial charge < -0.3 is 10.2 Å². The molecule has 1 aromatic heterocycles. The van der Waals surface area contributed by atoms with E-state index in [-0.39, 0.29) is 40.6 Å². The zero-order chi connectivity index (χ0) is 22.3. The van der Waals surface area contributed by atoms with Crippen molar-refractivity contribution in [3.8, 4) is 0 Å². The van der Waals surface area contributed by atoms with Crippen molar-refractivity contribution in [2.75, 3.05) is 19.6 Å². The summed E-state index contributed by atoms with van der Waals surface area (Å²) in [5.74, 6) is -0.307. The van der Waals surface area contributed by atoms with Gasteiger partial charge in [0.15, 0.2) is 0 Å². The van der Waals surface area contributed by atoms with Gasteiger partial charge in [-0.2, -0.15) is 0 Å². The van der Waals surface area contributed by atoms with Crippen LogP contribution in [-0.4, -0.2) is 49.8 Å². The monoisotopic (exact) mass is 464 g/mol. The molecular weight excluding hydrogens is 440 g/mol. The predicted molar refractivity (Wildman–Crippen MR) is 117 cm³/mol. The van der Waals surface area contributed by atoms with Crippen LogP contribution in [0.2, 0.25) is 5.02 Å². The number of hydrogen-bond donors (Lipinski definition) is 2. The number of carbonyl (C=O) groups excluding carboxylic acids is 2. The number of benzene rings is 1. The summed E-state index contributed by atoms with van der Waals surface area (Å²) in [6, 6.07) is 9.86.